The number of nitrogens with zero attached hydrogens (tertiary/aromatic N) is 1. The summed E-state index contributed by atoms with van der Waals surface area (Å²) < 4.78 is 25.2. The van der Waals surface area contributed by atoms with Gasteiger partial charge in [0.25, 0.3) is 0 Å². The zero-order valence-corrected chi connectivity index (χ0v) is 10.7. The first kappa shape index (κ1) is 12.2. The molecule has 0 unspecified atom stereocenters. The number of halogens is 1. The fourth-order valence-electron chi connectivity index (χ4n) is 0.863. The number of nitrogen functional groups attached to an aromatic ring is 1. The summed E-state index contributed by atoms with van der Waals surface area (Å²) in [6.45, 7) is 0. The molecule has 0 radical (unpaired) electrons. The monoisotopic (exact) mass is 339 g/mol. The third kappa shape index (κ3) is 3.67. The van der Waals surface area contributed by atoms with E-state index in [1.165, 1.54) is 18.2 Å². The van der Waals surface area contributed by atoms with Gasteiger partial charge in [-0.05, 0) is 40.3 Å². The summed E-state index contributed by atoms with van der Waals surface area (Å²) in [4.78, 5) is 0. The molecular formula is C8H8IN2O3S-. The molecule has 0 bridgehead atoms. The van der Waals surface area contributed by atoms with E-state index in [2.05, 4.69) is 4.40 Å². The van der Waals surface area contributed by atoms with Crippen molar-refractivity contribution in [2.75, 3.05) is 12.0 Å². The Morgan fingerprint density at radius 3 is 2.60 bits per heavy atom. The van der Waals surface area contributed by atoms with Crippen molar-refractivity contribution in [2.24, 2.45) is 4.40 Å². The molecule has 0 spiro atoms. The first-order chi connectivity index (χ1) is 6.79. The van der Waals surface area contributed by atoms with Gasteiger partial charge < -0.3 is 10.8 Å². The van der Waals surface area contributed by atoms with Crippen LogP contribution in [0.1, 0.15) is 5.56 Å². The van der Waals surface area contributed by atoms with E-state index in [9.17, 15) is 13.5 Å². The van der Waals surface area contributed by atoms with Gasteiger partial charge in [-0.25, -0.2) is 8.42 Å². The Bertz CT molecular complexity index is 511. The topological polar surface area (TPSA) is 95.6 Å². The van der Waals surface area contributed by atoms with Gasteiger partial charge >= 0.3 is 0 Å². The average Bonchev–Trinajstić information content (AvgIpc) is 2.06. The Morgan fingerprint density at radius 2 is 2.13 bits per heavy atom. The van der Waals surface area contributed by atoms with Gasteiger partial charge in [0.2, 0.25) is 10.0 Å². The molecule has 0 aliphatic carbocycles. The molecule has 15 heavy (non-hydrogen) atoms. The SMILES string of the molecule is CS(=O)(=O)/N=C(/[O-])c1ccc(N)c(I)c1. The second-order valence-corrected chi connectivity index (χ2v) is 5.68. The van der Waals surface area contributed by atoms with Crippen LogP contribution in [0.4, 0.5) is 5.69 Å². The van der Waals surface area contributed by atoms with E-state index in [1.807, 2.05) is 22.6 Å². The molecule has 0 aliphatic heterocycles. The average molecular weight is 339 g/mol. The molecule has 0 aliphatic rings. The number of hydrogen-bond acceptors (Lipinski definition) is 4. The summed E-state index contributed by atoms with van der Waals surface area (Å²) in [6, 6.07) is 4.47. The third-order valence-electron chi connectivity index (χ3n) is 1.50. The van der Waals surface area contributed by atoms with E-state index in [-0.39, 0.29) is 5.56 Å². The van der Waals surface area contributed by atoms with Crippen LogP contribution in [-0.2, 0) is 10.0 Å². The molecule has 5 nitrogen and oxygen atoms in total. The zero-order chi connectivity index (χ0) is 11.6. The summed E-state index contributed by atoms with van der Waals surface area (Å²) in [7, 11) is -3.65. The summed E-state index contributed by atoms with van der Waals surface area (Å²) >= 11 is 1.95. The van der Waals surface area contributed by atoms with Crippen molar-refractivity contribution in [1.82, 2.24) is 0 Å². The fraction of sp³-hybridized carbons (Fsp3) is 0.125. The van der Waals surface area contributed by atoms with Crippen LogP contribution in [0.2, 0.25) is 0 Å². The van der Waals surface area contributed by atoms with Gasteiger partial charge in [-0.1, -0.05) is 6.07 Å². The van der Waals surface area contributed by atoms with Crippen molar-refractivity contribution in [3.05, 3.63) is 27.3 Å². The van der Waals surface area contributed by atoms with Crippen LogP contribution < -0.4 is 10.8 Å². The third-order valence-corrected chi connectivity index (χ3v) is 2.93. The molecule has 0 heterocycles. The van der Waals surface area contributed by atoms with Crippen LogP contribution in [0.3, 0.4) is 0 Å². The van der Waals surface area contributed by atoms with E-state index >= 15 is 0 Å². The first-order valence-electron chi connectivity index (χ1n) is 3.82. The molecule has 1 aromatic carbocycles. The summed E-state index contributed by atoms with van der Waals surface area (Å²) in [5, 5.41) is 11.3. The highest BCUT2D eigenvalue weighted by Gasteiger charge is 2.01. The molecular weight excluding hydrogens is 331 g/mol. The number of hydrogen-bond donors (Lipinski definition) is 1. The number of sulfonamides is 1. The smallest absolute Gasteiger partial charge is 0.249 e. The predicted octanol–water partition coefficient (Wildman–Crippen LogP) is -0.0601. The highest BCUT2D eigenvalue weighted by Crippen LogP contribution is 2.16. The van der Waals surface area contributed by atoms with Gasteiger partial charge in [-0.2, -0.15) is 4.40 Å². The summed E-state index contributed by atoms with van der Waals surface area (Å²) in [6.07, 6.45) is 0.868. The van der Waals surface area contributed by atoms with Crippen LogP contribution in [0.15, 0.2) is 22.6 Å². The lowest BCUT2D eigenvalue weighted by Gasteiger charge is -2.10. The lowest BCUT2D eigenvalue weighted by molar-refractivity contribution is -0.212. The van der Waals surface area contributed by atoms with Gasteiger partial charge in [0.15, 0.2) is 0 Å². The van der Waals surface area contributed by atoms with Crippen molar-refractivity contribution in [2.45, 2.75) is 0 Å². The largest absolute Gasteiger partial charge is 0.858 e. The van der Waals surface area contributed by atoms with Crippen molar-refractivity contribution in [3.8, 4) is 0 Å². The van der Waals surface area contributed by atoms with E-state index in [4.69, 9.17) is 5.73 Å². The molecule has 0 aromatic heterocycles. The van der Waals surface area contributed by atoms with Gasteiger partial charge in [0.1, 0.15) is 0 Å². The predicted molar refractivity (Wildman–Crippen MR) is 65.0 cm³/mol. The molecule has 7 heteroatoms. The molecule has 0 fully saturated rings. The maximum Gasteiger partial charge on any atom is 0.249 e. The standard InChI is InChI=1S/C8H9IN2O3S/c1-15(13,14)11-8(12)5-2-3-7(10)6(9)4-5/h2-4H,10H2,1H3,(H,11,12)/p-1. The maximum atomic E-state index is 11.3. The van der Waals surface area contributed by atoms with Crippen molar-refractivity contribution in [3.63, 3.8) is 0 Å². The van der Waals surface area contributed by atoms with Crippen molar-refractivity contribution >= 4 is 44.2 Å². The van der Waals surface area contributed by atoms with E-state index < -0.39 is 15.9 Å². The molecule has 0 atom stereocenters. The van der Waals surface area contributed by atoms with Crippen LogP contribution in [0, 0.1) is 3.57 Å². The lowest BCUT2D eigenvalue weighted by Crippen LogP contribution is -2.20. The van der Waals surface area contributed by atoms with E-state index in [1.54, 1.807) is 0 Å². The Balaban J connectivity index is 3.19. The van der Waals surface area contributed by atoms with Gasteiger partial charge in [0, 0.05) is 15.2 Å². The second-order valence-electron chi connectivity index (χ2n) is 2.87. The quantitative estimate of drug-likeness (QED) is 0.353. The highest BCUT2D eigenvalue weighted by atomic mass is 127. The molecule has 82 valence electrons. The Morgan fingerprint density at radius 1 is 1.53 bits per heavy atom. The van der Waals surface area contributed by atoms with Gasteiger partial charge in [-0.3, -0.25) is 0 Å². The maximum absolute atomic E-state index is 11.3. The number of nitrogens with two attached hydrogens (primary N) is 1. The molecule has 0 saturated heterocycles. The molecule has 1 rings (SSSR count). The Labute approximate surface area is 101 Å². The second kappa shape index (κ2) is 4.35. The van der Waals surface area contributed by atoms with E-state index in [0.29, 0.717) is 9.26 Å². The molecule has 2 N–H and O–H groups in total. The molecule has 0 amide bonds. The number of rotatable bonds is 2. The van der Waals surface area contributed by atoms with Crippen LogP contribution in [0.25, 0.3) is 0 Å². The fourth-order valence-corrected chi connectivity index (χ4v) is 1.79. The Hall–Kier alpha value is -0.830. The minimum absolute atomic E-state index is 0.207. The first-order valence-corrected chi connectivity index (χ1v) is 6.74. The minimum atomic E-state index is -3.65. The lowest BCUT2D eigenvalue weighted by atomic mass is 10.2. The van der Waals surface area contributed by atoms with Crippen LogP contribution in [-0.4, -0.2) is 20.6 Å². The van der Waals surface area contributed by atoms with Gasteiger partial charge in [-0.15, -0.1) is 0 Å². The Kier molecular flexibility index (Phi) is 3.55. The molecule has 1 aromatic rings. The van der Waals surface area contributed by atoms with Crippen LogP contribution >= 0.6 is 22.6 Å². The minimum Gasteiger partial charge on any atom is -0.858 e. The highest BCUT2D eigenvalue weighted by molar-refractivity contribution is 14.1. The van der Waals surface area contributed by atoms with E-state index in [0.717, 1.165) is 6.26 Å². The number of anilines is 1. The number of benzene rings is 1. The van der Waals surface area contributed by atoms with Crippen LogP contribution in [0.5, 0.6) is 0 Å². The normalized spacial score (nSPS) is 12.8. The van der Waals surface area contributed by atoms with Gasteiger partial charge in [0.05, 0.1) is 6.26 Å². The summed E-state index contributed by atoms with van der Waals surface area (Å²) in [5.41, 5.74) is 6.29. The van der Waals surface area contributed by atoms with Crippen molar-refractivity contribution in [1.29, 1.82) is 0 Å². The summed E-state index contributed by atoms with van der Waals surface area (Å²) in [5.74, 6) is -0.782. The zero-order valence-electron chi connectivity index (χ0n) is 7.77. The van der Waals surface area contributed by atoms with Crippen molar-refractivity contribution < 1.29 is 13.5 Å². The molecule has 0 saturated carbocycles.